The molecule has 0 saturated carbocycles. The van der Waals surface area contributed by atoms with Crippen LogP contribution in [-0.4, -0.2) is 46.1 Å². The lowest BCUT2D eigenvalue weighted by Crippen LogP contribution is -2.46. The Labute approximate surface area is 198 Å². The van der Waals surface area contributed by atoms with Crippen LogP contribution in [0.15, 0.2) is 0 Å². The van der Waals surface area contributed by atoms with E-state index in [-0.39, 0.29) is 18.9 Å². The first-order valence-corrected chi connectivity index (χ1v) is 13.8. The number of carbonyl (C=O) groups excluding carboxylic acids is 1. The second kappa shape index (κ2) is 23.5. The van der Waals surface area contributed by atoms with Crippen molar-refractivity contribution in [3.05, 3.63) is 0 Å². The van der Waals surface area contributed by atoms with Crippen molar-refractivity contribution in [2.75, 3.05) is 6.61 Å². The standard InChI is InChI=1S/C27H55NO4/c1-3-5-7-9-10-11-12-13-14-15-16-17-19-21-26(31)25(23-29)28-27(32)22-24(30)20-18-8-6-4-2/h24-26,29-31H,3-23H2,1-2H3,(H,28,32). The molecule has 4 N–H and O–H groups in total. The molecular weight excluding hydrogens is 402 g/mol. The predicted molar refractivity (Wildman–Crippen MR) is 135 cm³/mol. The van der Waals surface area contributed by atoms with Crippen LogP contribution in [0.5, 0.6) is 0 Å². The molecule has 0 rings (SSSR count). The smallest absolute Gasteiger partial charge is 0.222 e. The topological polar surface area (TPSA) is 89.8 Å². The second-order valence-corrected chi connectivity index (χ2v) is 9.66. The largest absolute Gasteiger partial charge is 0.394 e. The molecule has 0 bridgehead atoms. The van der Waals surface area contributed by atoms with Gasteiger partial charge in [0.15, 0.2) is 0 Å². The Bertz CT molecular complexity index is 405. The van der Waals surface area contributed by atoms with E-state index in [4.69, 9.17) is 0 Å². The highest BCUT2D eigenvalue weighted by molar-refractivity contribution is 5.76. The van der Waals surface area contributed by atoms with Crippen molar-refractivity contribution < 1.29 is 20.1 Å². The van der Waals surface area contributed by atoms with E-state index in [1.54, 1.807) is 0 Å². The summed E-state index contributed by atoms with van der Waals surface area (Å²) in [7, 11) is 0. The van der Waals surface area contributed by atoms with E-state index in [9.17, 15) is 20.1 Å². The lowest BCUT2D eigenvalue weighted by molar-refractivity contribution is -0.125. The first kappa shape index (κ1) is 31.4. The summed E-state index contributed by atoms with van der Waals surface area (Å²) in [5.41, 5.74) is 0. The zero-order valence-electron chi connectivity index (χ0n) is 21.3. The van der Waals surface area contributed by atoms with Crippen molar-refractivity contribution in [1.29, 1.82) is 0 Å². The van der Waals surface area contributed by atoms with Gasteiger partial charge in [-0.3, -0.25) is 4.79 Å². The average molecular weight is 458 g/mol. The van der Waals surface area contributed by atoms with Crippen molar-refractivity contribution in [3.8, 4) is 0 Å². The Morgan fingerprint density at radius 3 is 1.53 bits per heavy atom. The highest BCUT2D eigenvalue weighted by Gasteiger charge is 2.21. The molecule has 0 heterocycles. The van der Waals surface area contributed by atoms with Gasteiger partial charge in [0.25, 0.3) is 0 Å². The van der Waals surface area contributed by atoms with Crippen LogP contribution in [-0.2, 0) is 4.79 Å². The van der Waals surface area contributed by atoms with Gasteiger partial charge in [-0.1, -0.05) is 123 Å². The zero-order chi connectivity index (χ0) is 23.9. The zero-order valence-corrected chi connectivity index (χ0v) is 21.3. The summed E-state index contributed by atoms with van der Waals surface area (Å²) in [5.74, 6) is -0.295. The fraction of sp³-hybridized carbons (Fsp3) is 0.963. The maximum absolute atomic E-state index is 12.1. The Balaban J connectivity index is 3.70. The molecule has 3 unspecified atom stereocenters. The maximum Gasteiger partial charge on any atom is 0.222 e. The molecule has 5 heteroatoms. The van der Waals surface area contributed by atoms with E-state index >= 15 is 0 Å². The van der Waals surface area contributed by atoms with Gasteiger partial charge in [-0.2, -0.15) is 0 Å². The number of unbranched alkanes of at least 4 members (excludes halogenated alkanes) is 15. The van der Waals surface area contributed by atoms with E-state index in [1.807, 2.05) is 0 Å². The van der Waals surface area contributed by atoms with E-state index in [2.05, 4.69) is 19.2 Å². The third-order valence-electron chi connectivity index (χ3n) is 6.42. The molecule has 192 valence electrons. The molecule has 32 heavy (non-hydrogen) atoms. The Morgan fingerprint density at radius 2 is 1.06 bits per heavy atom. The van der Waals surface area contributed by atoms with Crippen LogP contribution >= 0.6 is 0 Å². The van der Waals surface area contributed by atoms with Gasteiger partial charge >= 0.3 is 0 Å². The summed E-state index contributed by atoms with van der Waals surface area (Å²) in [5, 5.41) is 32.6. The molecule has 5 nitrogen and oxygen atoms in total. The van der Waals surface area contributed by atoms with Gasteiger partial charge in [-0.05, 0) is 12.8 Å². The van der Waals surface area contributed by atoms with Crippen LogP contribution < -0.4 is 5.32 Å². The van der Waals surface area contributed by atoms with Crippen LogP contribution in [0.3, 0.4) is 0 Å². The number of aliphatic hydroxyl groups excluding tert-OH is 3. The molecule has 1 amide bonds. The summed E-state index contributed by atoms with van der Waals surface area (Å²) in [6.07, 6.45) is 20.8. The van der Waals surface area contributed by atoms with Crippen molar-refractivity contribution in [1.82, 2.24) is 5.32 Å². The minimum absolute atomic E-state index is 0.0358. The number of carbonyl (C=O) groups is 1. The lowest BCUT2D eigenvalue weighted by Gasteiger charge is -2.23. The van der Waals surface area contributed by atoms with E-state index < -0.39 is 18.2 Å². The van der Waals surface area contributed by atoms with Gasteiger partial charge in [0.2, 0.25) is 5.91 Å². The minimum Gasteiger partial charge on any atom is -0.394 e. The van der Waals surface area contributed by atoms with Crippen molar-refractivity contribution in [2.45, 2.75) is 161 Å². The van der Waals surface area contributed by atoms with Gasteiger partial charge in [-0.15, -0.1) is 0 Å². The molecule has 0 aromatic heterocycles. The van der Waals surface area contributed by atoms with Gasteiger partial charge in [0.1, 0.15) is 0 Å². The van der Waals surface area contributed by atoms with Gasteiger partial charge in [0.05, 0.1) is 31.3 Å². The third-order valence-corrected chi connectivity index (χ3v) is 6.42. The fourth-order valence-electron chi connectivity index (χ4n) is 4.22. The number of amides is 1. The Kier molecular flexibility index (Phi) is 23.0. The van der Waals surface area contributed by atoms with Crippen molar-refractivity contribution >= 4 is 5.91 Å². The number of nitrogens with one attached hydrogen (secondary N) is 1. The summed E-state index contributed by atoms with van der Waals surface area (Å²) >= 11 is 0. The van der Waals surface area contributed by atoms with Gasteiger partial charge in [0, 0.05) is 0 Å². The predicted octanol–water partition coefficient (Wildman–Crippen LogP) is 6.03. The van der Waals surface area contributed by atoms with Crippen LogP contribution in [0.2, 0.25) is 0 Å². The first-order chi connectivity index (χ1) is 15.5. The monoisotopic (exact) mass is 457 g/mol. The summed E-state index contributed by atoms with van der Waals surface area (Å²) < 4.78 is 0. The van der Waals surface area contributed by atoms with E-state index in [0.29, 0.717) is 12.8 Å². The summed E-state index contributed by atoms with van der Waals surface area (Å²) in [6.45, 7) is 4.12. The molecule has 0 aliphatic rings. The van der Waals surface area contributed by atoms with Crippen LogP contribution in [0.25, 0.3) is 0 Å². The molecule has 0 fully saturated rings. The average Bonchev–Trinajstić information content (AvgIpc) is 2.78. The summed E-state index contributed by atoms with van der Waals surface area (Å²) in [4.78, 5) is 12.1. The molecule has 0 aromatic rings. The molecule has 0 aliphatic carbocycles. The Hall–Kier alpha value is -0.650. The molecular formula is C27H55NO4. The molecule has 0 aliphatic heterocycles. The highest BCUT2D eigenvalue weighted by Crippen LogP contribution is 2.14. The first-order valence-electron chi connectivity index (χ1n) is 13.8. The quantitative estimate of drug-likeness (QED) is 0.133. The number of hydrogen-bond donors (Lipinski definition) is 4. The van der Waals surface area contributed by atoms with Gasteiger partial charge < -0.3 is 20.6 Å². The fourth-order valence-corrected chi connectivity index (χ4v) is 4.22. The SMILES string of the molecule is CCCCCCCCCCCCCCCC(O)C(CO)NC(=O)CC(O)CCCCCC. The van der Waals surface area contributed by atoms with Gasteiger partial charge in [-0.25, -0.2) is 0 Å². The molecule has 3 atom stereocenters. The third kappa shape index (κ3) is 20.0. The number of hydrogen-bond acceptors (Lipinski definition) is 4. The van der Waals surface area contributed by atoms with Crippen LogP contribution in [0.4, 0.5) is 0 Å². The summed E-state index contributed by atoms with van der Waals surface area (Å²) in [6, 6.07) is -0.646. The van der Waals surface area contributed by atoms with Crippen LogP contribution in [0.1, 0.15) is 142 Å². The normalized spacial score (nSPS) is 14.3. The highest BCUT2D eigenvalue weighted by atomic mass is 16.3. The number of rotatable bonds is 24. The Morgan fingerprint density at radius 1 is 0.656 bits per heavy atom. The lowest BCUT2D eigenvalue weighted by atomic mass is 10.0. The van der Waals surface area contributed by atoms with E-state index in [1.165, 1.54) is 70.6 Å². The molecule has 0 saturated heterocycles. The molecule has 0 spiro atoms. The van der Waals surface area contributed by atoms with Crippen molar-refractivity contribution in [2.24, 2.45) is 0 Å². The van der Waals surface area contributed by atoms with Crippen molar-refractivity contribution in [3.63, 3.8) is 0 Å². The maximum atomic E-state index is 12.1. The molecule has 0 radical (unpaired) electrons. The second-order valence-electron chi connectivity index (χ2n) is 9.66. The molecule has 0 aromatic carbocycles. The van der Waals surface area contributed by atoms with E-state index in [0.717, 1.165) is 38.5 Å². The number of aliphatic hydroxyl groups is 3. The minimum atomic E-state index is -0.738. The van der Waals surface area contributed by atoms with Crippen LogP contribution in [0, 0.1) is 0 Å².